The van der Waals surface area contributed by atoms with Gasteiger partial charge < -0.3 is 15.3 Å². The number of carbonyl (C=O) groups excluding carboxylic acids is 1. The third kappa shape index (κ3) is 5.98. The number of hydrogen-bond acceptors (Lipinski definition) is 3. The summed E-state index contributed by atoms with van der Waals surface area (Å²) in [6.07, 6.45) is 3.33. The van der Waals surface area contributed by atoms with Crippen LogP contribution in [0.15, 0.2) is 24.3 Å². The minimum absolute atomic E-state index is 0.0477. The molecule has 6 heteroatoms. The summed E-state index contributed by atoms with van der Waals surface area (Å²) < 4.78 is 13.1. The van der Waals surface area contributed by atoms with Crippen molar-refractivity contribution in [2.75, 3.05) is 25.0 Å². The van der Waals surface area contributed by atoms with Crippen molar-refractivity contribution in [3.05, 3.63) is 30.1 Å². The molecule has 1 heterocycles. The molecule has 1 amide bonds. The van der Waals surface area contributed by atoms with Crippen molar-refractivity contribution in [1.29, 1.82) is 0 Å². The molecule has 1 saturated heterocycles. The summed E-state index contributed by atoms with van der Waals surface area (Å²) in [6.45, 7) is 2.56. The minimum Gasteiger partial charge on any atom is -0.481 e. The van der Waals surface area contributed by atoms with E-state index in [0.717, 1.165) is 38.9 Å². The lowest BCUT2D eigenvalue weighted by atomic mass is 9.95. The Hall–Kier alpha value is -1.95. The van der Waals surface area contributed by atoms with Gasteiger partial charge in [0.05, 0.1) is 0 Å². The quantitative estimate of drug-likeness (QED) is 0.757. The molecule has 0 aromatic heterocycles. The SMILES string of the molecule is O=C(O)CCCCN1CCC(C(=O)Nc2cccc(F)c2)CC1. The van der Waals surface area contributed by atoms with E-state index in [0.29, 0.717) is 12.1 Å². The summed E-state index contributed by atoms with van der Waals surface area (Å²) in [4.78, 5) is 24.9. The number of aliphatic carboxylic acids is 1. The minimum atomic E-state index is -0.752. The van der Waals surface area contributed by atoms with E-state index in [1.165, 1.54) is 12.1 Å². The van der Waals surface area contributed by atoms with Crippen LogP contribution in [0.5, 0.6) is 0 Å². The molecule has 2 rings (SSSR count). The Bertz CT molecular complexity index is 542. The molecule has 0 bridgehead atoms. The summed E-state index contributed by atoms with van der Waals surface area (Å²) in [5.74, 6) is -1.22. The monoisotopic (exact) mass is 322 g/mol. The van der Waals surface area contributed by atoms with Crippen molar-refractivity contribution in [1.82, 2.24) is 4.90 Å². The molecule has 1 aromatic rings. The molecule has 0 unspecified atom stereocenters. The molecular formula is C17H23FN2O3. The number of carboxylic acids is 1. The lowest BCUT2D eigenvalue weighted by Crippen LogP contribution is -2.38. The fourth-order valence-corrected chi connectivity index (χ4v) is 2.84. The first-order valence-electron chi connectivity index (χ1n) is 8.05. The van der Waals surface area contributed by atoms with Crippen molar-refractivity contribution in [3.63, 3.8) is 0 Å². The maximum atomic E-state index is 13.1. The van der Waals surface area contributed by atoms with Crippen molar-refractivity contribution in [2.24, 2.45) is 5.92 Å². The lowest BCUT2D eigenvalue weighted by molar-refractivity contribution is -0.137. The van der Waals surface area contributed by atoms with Crippen LogP contribution in [0.1, 0.15) is 32.1 Å². The van der Waals surface area contributed by atoms with Gasteiger partial charge in [-0.3, -0.25) is 9.59 Å². The van der Waals surface area contributed by atoms with Crippen LogP contribution in [0.3, 0.4) is 0 Å². The van der Waals surface area contributed by atoms with Crippen LogP contribution in [0, 0.1) is 11.7 Å². The van der Waals surface area contributed by atoms with Gasteiger partial charge in [-0.25, -0.2) is 4.39 Å². The molecule has 1 aromatic carbocycles. The number of nitrogens with one attached hydrogen (secondary N) is 1. The van der Waals surface area contributed by atoms with Gasteiger partial charge in [0.1, 0.15) is 5.82 Å². The molecule has 0 spiro atoms. The predicted octanol–water partition coefficient (Wildman–Crippen LogP) is 2.73. The number of likely N-dealkylation sites (tertiary alicyclic amines) is 1. The molecule has 2 N–H and O–H groups in total. The van der Waals surface area contributed by atoms with Crippen LogP contribution >= 0.6 is 0 Å². The Balaban J connectivity index is 1.69. The summed E-state index contributed by atoms with van der Waals surface area (Å²) in [6, 6.07) is 5.91. The maximum Gasteiger partial charge on any atom is 0.303 e. The number of unbranched alkanes of at least 4 members (excludes halogenated alkanes) is 1. The Morgan fingerprint density at radius 1 is 1.26 bits per heavy atom. The first-order valence-corrected chi connectivity index (χ1v) is 8.05. The largest absolute Gasteiger partial charge is 0.481 e. The van der Waals surface area contributed by atoms with E-state index in [1.54, 1.807) is 12.1 Å². The molecule has 1 aliphatic rings. The zero-order chi connectivity index (χ0) is 16.7. The second kappa shape index (κ2) is 8.62. The summed E-state index contributed by atoms with van der Waals surface area (Å²) in [7, 11) is 0. The van der Waals surface area contributed by atoms with Crippen LogP contribution in [-0.2, 0) is 9.59 Å². The molecule has 1 fully saturated rings. The van der Waals surface area contributed by atoms with E-state index in [1.807, 2.05) is 0 Å². The average Bonchev–Trinajstić information content (AvgIpc) is 2.52. The molecule has 0 saturated carbocycles. The zero-order valence-electron chi connectivity index (χ0n) is 13.1. The number of nitrogens with zero attached hydrogens (tertiary/aromatic N) is 1. The fraction of sp³-hybridized carbons (Fsp3) is 0.529. The van der Waals surface area contributed by atoms with Gasteiger partial charge in [-0.2, -0.15) is 0 Å². The van der Waals surface area contributed by atoms with E-state index >= 15 is 0 Å². The second-order valence-electron chi connectivity index (χ2n) is 5.97. The third-order valence-electron chi connectivity index (χ3n) is 4.17. The molecule has 0 radical (unpaired) electrons. The Morgan fingerprint density at radius 2 is 2.00 bits per heavy atom. The van der Waals surface area contributed by atoms with Crippen molar-refractivity contribution in [2.45, 2.75) is 32.1 Å². The number of rotatable bonds is 7. The molecule has 126 valence electrons. The topological polar surface area (TPSA) is 69.6 Å². The Morgan fingerprint density at radius 3 is 2.65 bits per heavy atom. The molecule has 5 nitrogen and oxygen atoms in total. The van der Waals surface area contributed by atoms with Gasteiger partial charge in [0, 0.05) is 18.0 Å². The van der Waals surface area contributed by atoms with Gasteiger partial charge in [0.25, 0.3) is 0 Å². The highest BCUT2D eigenvalue weighted by Gasteiger charge is 2.24. The van der Waals surface area contributed by atoms with Gasteiger partial charge in [-0.15, -0.1) is 0 Å². The standard InChI is InChI=1S/C17H23FN2O3/c18-14-4-3-5-15(12-14)19-17(23)13-7-10-20(11-8-13)9-2-1-6-16(21)22/h3-5,12-13H,1-2,6-11H2,(H,19,23)(H,21,22). The van der Waals surface area contributed by atoms with Crippen molar-refractivity contribution < 1.29 is 19.1 Å². The third-order valence-corrected chi connectivity index (χ3v) is 4.17. The van der Waals surface area contributed by atoms with E-state index in [-0.39, 0.29) is 24.1 Å². The first-order chi connectivity index (χ1) is 11.0. The Labute approximate surface area is 135 Å². The normalized spacial score (nSPS) is 16.2. The number of amides is 1. The van der Waals surface area contributed by atoms with Crippen molar-refractivity contribution >= 4 is 17.6 Å². The molecule has 0 aliphatic carbocycles. The second-order valence-corrected chi connectivity index (χ2v) is 5.97. The van der Waals surface area contributed by atoms with E-state index in [2.05, 4.69) is 10.2 Å². The van der Waals surface area contributed by atoms with Crippen LogP contribution in [-0.4, -0.2) is 41.5 Å². The van der Waals surface area contributed by atoms with Crippen LogP contribution < -0.4 is 5.32 Å². The summed E-state index contributed by atoms with van der Waals surface area (Å²) in [5.41, 5.74) is 0.492. The highest BCUT2D eigenvalue weighted by molar-refractivity contribution is 5.92. The highest BCUT2D eigenvalue weighted by atomic mass is 19.1. The van der Waals surface area contributed by atoms with Gasteiger partial charge >= 0.3 is 5.97 Å². The Kier molecular flexibility index (Phi) is 6.52. The summed E-state index contributed by atoms with van der Waals surface area (Å²) in [5, 5.41) is 11.4. The van der Waals surface area contributed by atoms with Gasteiger partial charge in [-0.1, -0.05) is 6.07 Å². The van der Waals surface area contributed by atoms with Crippen LogP contribution in [0.25, 0.3) is 0 Å². The van der Waals surface area contributed by atoms with Crippen molar-refractivity contribution in [3.8, 4) is 0 Å². The number of hydrogen-bond donors (Lipinski definition) is 2. The molecule has 23 heavy (non-hydrogen) atoms. The number of halogens is 1. The molecule has 0 atom stereocenters. The smallest absolute Gasteiger partial charge is 0.303 e. The highest BCUT2D eigenvalue weighted by Crippen LogP contribution is 2.20. The van der Waals surface area contributed by atoms with E-state index in [9.17, 15) is 14.0 Å². The van der Waals surface area contributed by atoms with E-state index < -0.39 is 5.97 Å². The maximum absolute atomic E-state index is 13.1. The van der Waals surface area contributed by atoms with Gasteiger partial charge in [-0.05, 0) is 63.5 Å². The average molecular weight is 322 g/mol. The number of anilines is 1. The zero-order valence-corrected chi connectivity index (χ0v) is 13.1. The van der Waals surface area contributed by atoms with Gasteiger partial charge in [0.15, 0.2) is 0 Å². The van der Waals surface area contributed by atoms with Crippen LogP contribution in [0.4, 0.5) is 10.1 Å². The lowest BCUT2D eigenvalue weighted by Gasteiger charge is -2.31. The summed E-state index contributed by atoms with van der Waals surface area (Å²) >= 11 is 0. The fourth-order valence-electron chi connectivity index (χ4n) is 2.84. The van der Waals surface area contributed by atoms with Crippen LogP contribution in [0.2, 0.25) is 0 Å². The predicted molar refractivity (Wildman–Crippen MR) is 85.7 cm³/mol. The number of piperidine rings is 1. The molecular weight excluding hydrogens is 299 g/mol. The number of carboxylic acid groups (broad SMARTS) is 1. The van der Waals surface area contributed by atoms with Gasteiger partial charge in [0.2, 0.25) is 5.91 Å². The molecule has 1 aliphatic heterocycles. The van der Waals surface area contributed by atoms with E-state index in [4.69, 9.17) is 5.11 Å². The number of benzene rings is 1. The first kappa shape index (κ1) is 17.4. The number of carbonyl (C=O) groups is 2.